The van der Waals surface area contributed by atoms with Crippen molar-refractivity contribution < 1.29 is 0 Å². The number of benzene rings is 5. The highest BCUT2D eigenvalue weighted by Crippen LogP contribution is 2.38. The number of rotatable bonds is 6. The van der Waals surface area contributed by atoms with Crippen LogP contribution < -0.4 is 25.8 Å². The van der Waals surface area contributed by atoms with Crippen molar-refractivity contribution in [3.05, 3.63) is 187 Å². The van der Waals surface area contributed by atoms with Crippen molar-refractivity contribution in [2.45, 2.75) is 19.3 Å². The second-order valence-electron chi connectivity index (χ2n) is 12.7. The summed E-state index contributed by atoms with van der Waals surface area (Å²) in [7, 11) is -2.86. The molecule has 0 aliphatic carbocycles. The first-order valence-corrected chi connectivity index (χ1v) is 18.2. The Morgan fingerprint density at radius 3 is 1.72 bits per heavy atom. The standard InChI is InChI=1S/C43H35N3Si/c1-43(2)37-22-6-8-25-40(37)47(42-27-11-13-29-45-42,41-26-9-7-23-38(41)43)36-21-15-20-35(31-36)46(33-17-4-3-5-18-33)34-19-14-16-32(30-34)39-24-10-12-28-44-39/h3-31H,1-2H3. The Bertz CT molecular complexity index is 2130. The highest BCUT2D eigenvalue weighted by molar-refractivity contribution is 7.20. The first-order chi connectivity index (χ1) is 23.1. The van der Waals surface area contributed by atoms with E-state index < -0.39 is 8.07 Å². The molecule has 0 atom stereocenters. The summed E-state index contributed by atoms with van der Waals surface area (Å²) in [5, 5.41) is 5.27. The van der Waals surface area contributed by atoms with Crippen LogP contribution in [0.25, 0.3) is 11.3 Å². The molecule has 0 saturated carbocycles. The second-order valence-corrected chi connectivity index (χ2v) is 16.3. The molecule has 3 heterocycles. The third-order valence-electron chi connectivity index (χ3n) is 9.67. The lowest BCUT2D eigenvalue weighted by Crippen LogP contribution is -2.79. The predicted molar refractivity (Wildman–Crippen MR) is 198 cm³/mol. The zero-order valence-electron chi connectivity index (χ0n) is 26.6. The molecule has 0 N–H and O–H groups in total. The van der Waals surface area contributed by atoms with Gasteiger partial charge in [-0.15, -0.1) is 0 Å². The molecule has 0 bridgehead atoms. The number of fused-ring (bicyclic) bond motifs is 2. The monoisotopic (exact) mass is 621 g/mol. The number of para-hydroxylation sites is 1. The first kappa shape index (κ1) is 28.9. The normalized spacial score (nSPS) is 14.1. The van der Waals surface area contributed by atoms with Gasteiger partial charge in [0.25, 0.3) is 0 Å². The lowest BCUT2D eigenvalue weighted by molar-refractivity contribution is 0.645. The van der Waals surface area contributed by atoms with Crippen LogP contribution in [0.2, 0.25) is 0 Å². The van der Waals surface area contributed by atoms with E-state index >= 15 is 0 Å². The zero-order valence-corrected chi connectivity index (χ0v) is 27.6. The van der Waals surface area contributed by atoms with Crippen molar-refractivity contribution in [3.8, 4) is 11.3 Å². The molecule has 0 fully saturated rings. The van der Waals surface area contributed by atoms with Crippen LogP contribution in [0.1, 0.15) is 25.0 Å². The Labute approximate surface area is 277 Å². The van der Waals surface area contributed by atoms with Gasteiger partial charge in [0.05, 0.1) is 5.69 Å². The fourth-order valence-electron chi connectivity index (χ4n) is 7.56. The number of hydrogen-bond acceptors (Lipinski definition) is 3. The van der Waals surface area contributed by atoms with Gasteiger partial charge in [0, 0.05) is 45.8 Å². The van der Waals surface area contributed by atoms with Crippen molar-refractivity contribution in [3.63, 3.8) is 0 Å². The molecule has 0 unspecified atom stereocenters. The fraction of sp³-hybridized carbons (Fsp3) is 0.0698. The predicted octanol–water partition coefficient (Wildman–Crippen LogP) is 7.63. The van der Waals surface area contributed by atoms with Gasteiger partial charge in [-0.2, -0.15) is 0 Å². The highest BCUT2D eigenvalue weighted by atomic mass is 28.3. The molecule has 4 heteroatoms. The minimum Gasteiger partial charge on any atom is -0.310 e. The summed E-state index contributed by atoms with van der Waals surface area (Å²) in [5.74, 6) is 0. The molecule has 2 aromatic heterocycles. The van der Waals surface area contributed by atoms with Crippen molar-refractivity contribution in [2.24, 2.45) is 0 Å². The van der Waals surface area contributed by atoms with Crippen LogP contribution in [0, 0.1) is 0 Å². The molecule has 3 nitrogen and oxygen atoms in total. The first-order valence-electron chi connectivity index (χ1n) is 16.2. The molecule has 0 spiro atoms. The van der Waals surface area contributed by atoms with Crippen molar-refractivity contribution >= 4 is 46.0 Å². The Kier molecular flexibility index (Phi) is 7.15. The lowest BCUT2D eigenvalue weighted by atomic mass is 9.77. The number of aromatic nitrogens is 2. The van der Waals surface area contributed by atoms with Crippen LogP contribution in [0.5, 0.6) is 0 Å². The SMILES string of the molecule is CC1(C)c2ccccc2[Si](c2cccc(N(c3ccccc3)c3cccc(-c4ccccn4)c3)c2)(c2ccccn2)c2ccccc21. The van der Waals surface area contributed by atoms with Crippen molar-refractivity contribution in [1.82, 2.24) is 9.97 Å². The van der Waals surface area contributed by atoms with E-state index in [0.717, 1.165) is 33.6 Å². The maximum atomic E-state index is 5.17. The van der Waals surface area contributed by atoms with Crippen molar-refractivity contribution in [1.29, 1.82) is 0 Å². The van der Waals surface area contributed by atoms with Gasteiger partial charge >= 0.3 is 0 Å². The van der Waals surface area contributed by atoms with E-state index in [4.69, 9.17) is 4.98 Å². The number of pyridine rings is 2. The summed E-state index contributed by atoms with van der Waals surface area (Å²) in [6, 6.07) is 59.2. The van der Waals surface area contributed by atoms with Crippen LogP contribution in [0.4, 0.5) is 17.1 Å². The Morgan fingerprint density at radius 1 is 0.489 bits per heavy atom. The van der Waals surface area contributed by atoms with Crippen LogP contribution in [0.3, 0.4) is 0 Å². The summed E-state index contributed by atoms with van der Waals surface area (Å²) < 4.78 is 0. The average Bonchev–Trinajstić information content (AvgIpc) is 3.14. The van der Waals surface area contributed by atoms with Gasteiger partial charge in [-0.25, -0.2) is 0 Å². The number of anilines is 3. The summed E-state index contributed by atoms with van der Waals surface area (Å²) in [5.41, 5.74) is 7.94. The molecule has 0 amide bonds. The van der Waals surface area contributed by atoms with Gasteiger partial charge in [-0.1, -0.05) is 117 Å². The van der Waals surface area contributed by atoms with Gasteiger partial charge in [0.1, 0.15) is 0 Å². The maximum absolute atomic E-state index is 5.17. The molecule has 0 saturated heterocycles. The van der Waals surface area contributed by atoms with E-state index in [-0.39, 0.29) is 5.41 Å². The third kappa shape index (κ3) is 4.72. The summed E-state index contributed by atoms with van der Waals surface area (Å²) in [4.78, 5) is 12.2. The van der Waals surface area contributed by atoms with Crippen LogP contribution in [-0.4, -0.2) is 18.0 Å². The van der Waals surface area contributed by atoms with Gasteiger partial charge in [-0.3, -0.25) is 9.97 Å². The van der Waals surface area contributed by atoms with E-state index in [1.807, 2.05) is 30.6 Å². The summed E-state index contributed by atoms with van der Waals surface area (Å²) in [6.45, 7) is 4.73. The van der Waals surface area contributed by atoms with E-state index in [1.54, 1.807) is 0 Å². The van der Waals surface area contributed by atoms with E-state index in [0.29, 0.717) is 0 Å². The van der Waals surface area contributed by atoms with E-state index in [2.05, 4.69) is 169 Å². The summed E-state index contributed by atoms with van der Waals surface area (Å²) >= 11 is 0. The van der Waals surface area contributed by atoms with Crippen LogP contribution in [0.15, 0.2) is 176 Å². The summed E-state index contributed by atoms with van der Waals surface area (Å²) in [6.07, 6.45) is 3.81. The van der Waals surface area contributed by atoms with Crippen molar-refractivity contribution in [2.75, 3.05) is 4.90 Å². The second kappa shape index (κ2) is 11.7. The number of hydrogen-bond donors (Lipinski definition) is 0. The number of nitrogens with zero attached hydrogens (tertiary/aromatic N) is 3. The van der Waals surface area contributed by atoms with E-state index in [1.165, 1.54) is 26.7 Å². The minimum absolute atomic E-state index is 0.141. The minimum atomic E-state index is -2.86. The molecule has 5 aromatic carbocycles. The lowest BCUT2D eigenvalue weighted by Gasteiger charge is -2.46. The Hall–Kier alpha value is -5.58. The van der Waals surface area contributed by atoms with Gasteiger partial charge in [0.2, 0.25) is 8.07 Å². The third-order valence-corrected chi connectivity index (χ3v) is 14.4. The highest BCUT2D eigenvalue weighted by Gasteiger charge is 2.52. The van der Waals surface area contributed by atoms with Gasteiger partial charge < -0.3 is 4.90 Å². The smallest absolute Gasteiger partial charge is 0.202 e. The Balaban J connectivity index is 1.40. The average molecular weight is 622 g/mol. The molecular formula is C43H35N3Si. The van der Waals surface area contributed by atoms with Gasteiger partial charge in [0.15, 0.2) is 0 Å². The van der Waals surface area contributed by atoms with E-state index in [9.17, 15) is 0 Å². The molecule has 1 aliphatic rings. The van der Waals surface area contributed by atoms with Crippen LogP contribution in [-0.2, 0) is 5.41 Å². The molecule has 47 heavy (non-hydrogen) atoms. The quantitative estimate of drug-likeness (QED) is 0.179. The topological polar surface area (TPSA) is 29.0 Å². The molecular weight excluding hydrogens is 587 g/mol. The largest absolute Gasteiger partial charge is 0.310 e. The van der Waals surface area contributed by atoms with Crippen LogP contribution >= 0.6 is 0 Å². The molecule has 0 radical (unpaired) electrons. The molecule has 1 aliphatic heterocycles. The fourth-order valence-corrected chi connectivity index (χ4v) is 12.9. The molecule has 8 rings (SSSR count). The zero-order chi connectivity index (χ0) is 31.8. The molecule has 226 valence electrons. The maximum Gasteiger partial charge on any atom is 0.202 e. The van der Waals surface area contributed by atoms with Gasteiger partial charge in [-0.05, 0) is 87.4 Å². The Morgan fingerprint density at radius 2 is 1.06 bits per heavy atom. The molecule has 7 aromatic rings.